The molecule has 36 heavy (non-hydrogen) atoms. The molecule has 0 aliphatic carbocycles. The van der Waals surface area contributed by atoms with Crippen molar-refractivity contribution in [3.63, 3.8) is 0 Å². The van der Waals surface area contributed by atoms with Crippen LogP contribution in [-0.4, -0.2) is 48.7 Å². The van der Waals surface area contributed by atoms with Crippen molar-refractivity contribution in [2.24, 2.45) is 5.16 Å². The number of aromatic nitrogens is 1. The summed E-state index contributed by atoms with van der Waals surface area (Å²) in [5.41, 5.74) is 5.86. The van der Waals surface area contributed by atoms with Crippen molar-refractivity contribution in [3.8, 4) is 5.75 Å². The molecule has 1 atom stereocenters. The Morgan fingerprint density at radius 3 is 2.39 bits per heavy atom. The summed E-state index contributed by atoms with van der Waals surface area (Å²) in [5.74, 6) is 0.0900. The minimum atomic E-state index is -0.579. The number of ether oxygens (including phenoxy) is 3. The van der Waals surface area contributed by atoms with Crippen LogP contribution in [0.3, 0.4) is 0 Å². The lowest BCUT2D eigenvalue weighted by atomic mass is 9.97. The Kier molecular flexibility index (Phi) is 6.28. The zero-order valence-corrected chi connectivity index (χ0v) is 21.2. The first-order chi connectivity index (χ1) is 17.2. The smallest absolute Gasteiger partial charge is 0.193 e. The molecule has 1 aromatic heterocycles. The normalized spacial score (nSPS) is 17.6. The van der Waals surface area contributed by atoms with E-state index in [1.165, 1.54) is 7.11 Å². The highest BCUT2D eigenvalue weighted by Crippen LogP contribution is 2.29. The van der Waals surface area contributed by atoms with Gasteiger partial charge in [-0.25, -0.2) is 0 Å². The van der Waals surface area contributed by atoms with Crippen LogP contribution in [0.15, 0.2) is 59.8 Å². The van der Waals surface area contributed by atoms with Crippen molar-refractivity contribution < 1.29 is 23.8 Å². The summed E-state index contributed by atoms with van der Waals surface area (Å²) in [4.78, 5) is 21.8. The van der Waals surface area contributed by atoms with Gasteiger partial charge >= 0.3 is 0 Å². The molecular formula is C29H30N2O5. The van der Waals surface area contributed by atoms with Crippen molar-refractivity contribution in [1.29, 1.82) is 0 Å². The summed E-state index contributed by atoms with van der Waals surface area (Å²) in [5, 5.41) is 6.06. The van der Waals surface area contributed by atoms with Gasteiger partial charge in [0.1, 0.15) is 25.6 Å². The van der Waals surface area contributed by atoms with Gasteiger partial charge in [-0.05, 0) is 87.4 Å². The number of fused-ring (bicyclic) bond motifs is 3. The van der Waals surface area contributed by atoms with Crippen LogP contribution in [0.25, 0.3) is 21.8 Å². The molecule has 1 N–H and O–H groups in total. The molecule has 1 fully saturated rings. The quantitative estimate of drug-likeness (QED) is 0.204. The average molecular weight is 487 g/mol. The lowest BCUT2D eigenvalue weighted by Crippen LogP contribution is -2.25. The Labute approximate surface area is 210 Å². The van der Waals surface area contributed by atoms with Crippen molar-refractivity contribution in [2.75, 3.05) is 20.3 Å². The number of hydrogen-bond donors (Lipinski definition) is 1. The first kappa shape index (κ1) is 24.0. The molecule has 4 aromatic rings. The van der Waals surface area contributed by atoms with Crippen LogP contribution in [-0.2, 0) is 14.3 Å². The van der Waals surface area contributed by atoms with E-state index < -0.39 is 5.79 Å². The zero-order valence-electron chi connectivity index (χ0n) is 21.2. The predicted molar refractivity (Wildman–Crippen MR) is 140 cm³/mol. The number of ketones is 1. The van der Waals surface area contributed by atoms with Gasteiger partial charge in [0.25, 0.3) is 0 Å². The molecule has 1 saturated heterocycles. The Bertz CT molecular complexity index is 1480. The number of nitrogens with one attached hydrogen (secondary N) is 1. The molecule has 3 aromatic carbocycles. The maximum absolute atomic E-state index is 13.5. The van der Waals surface area contributed by atoms with Crippen LogP contribution >= 0.6 is 0 Å². The van der Waals surface area contributed by atoms with Crippen LogP contribution in [0.5, 0.6) is 5.75 Å². The summed E-state index contributed by atoms with van der Waals surface area (Å²) in [6, 6.07) is 17.4. The van der Waals surface area contributed by atoms with E-state index in [9.17, 15) is 4.79 Å². The SMILES string of the molecule is CO/N=C(\C)c1ccc2[nH]c3ccc(C(=O)c4ccc(OCC5COC(C)(C)O5)cc4C)cc3c2c1. The predicted octanol–water partition coefficient (Wildman–Crippen LogP) is 5.76. The maximum Gasteiger partial charge on any atom is 0.193 e. The van der Waals surface area contributed by atoms with E-state index in [1.54, 1.807) is 0 Å². The molecular weight excluding hydrogens is 456 g/mol. The topological polar surface area (TPSA) is 82.1 Å². The zero-order chi connectivity index (χ0) is 25.4. The van der Waals surface area contributed by atoms with Crippen LogP contribution < -0.4 is 4.74 Å². The largest absolute Gasteiger partial charge is 0.491 e. The molecule has 1 unspecified atom stereocenters. The highest BCUT2D eigenvalue weighted by molar-refractivity contribution is 6.15. The molecule has 1 aliphatic heterocycles. The Morgan fingerprint density at radius 2 is 1.75 bits per heavy atom. The fourth-order valence-electron chi connectivity index (χ4n) is 4.62. The first-order valence-corrected chi connectivity index (χ1v) is 12.0. The van der Waals surface area contributed by atoms with Gasteiger partial charge < -0.3 is 24.0 Å². The van der Waals surface area contributed by atoms with Crippen molar-refractivity contribution >= 4 is 33.3 Å². The second-order valence-electron chi connectivity index (χ2n) is 9.57. The lowest BCUT2D eigenvalue weighted by Gasteiger charge is -2.17. The molecule has 7 nitrogen and oxygen atoms in total. The highest BCUT2D eigenvalue weighted by atomic mass is 16.7. The number of carbonyl (C=O) groups is 1. The second-order valence-corrected chi connectivity index (χ2v) is 9.57. The van der Waals surface area contributed by atoms with E-state index >= 15 is 0 Å². The van der Waals surface area contributed by atoms with Crippen molar-refractivity contribution in [1.82, 2.24) is 4.98 Å². The van der Waals surface area contributed by atoms with E-state index in [2.05, 4.69) is 16.2 Å². The van der Waals surface area contributed by atoms with Gasteiger partial charge in [-0.1, -0.05) is 11.2 Å². The van der Waals surface area contributed by atoms with E-state index in [0.29, 0.717) is 30.1 Å². The second kappa shape index (κ2) is 9.41. The van der Waals surface area contributed by atoms with E-state index in [-0.39, 0.29) is 11.9 Å². The summed E-state index contributed by atoms with van der Waals surface area (Å²) in [6.07, 6.45) is -0.116. The van der Waals surface area contributed by atoms with Gasteiger partial charge in [-0.2, -0.15) is 0 Å². The summed E-state index contributed by atoms with van der Waals surface area (Å²) in [6.45, 7) is 8.50. The highest BCUT2D eigenvalue weighted by Gasteiger charge is 2.33. The molecule has 0 bridgehead atoms. The Balaban J connectivity index is 1.39. The van der Waals surface area contributed by atoms with Crippen molar-refractivity contribution in [3.05, 3.63) is 76.9 Å². The molecule has 186 valence electrons. The van der Waals surface area contributed by atoms with Gasteiger partial charge in [0.15, 0.2) is 11.6 Å². The number of benzene rings is 3. The van der Waals surface area contributed by atoms with Gasteiger partial charge in [0, 0.05) is 32.9 Å². The number of hydrogen-bond acceptors (Lipinski definition) is 6. The number of aryl methyl sites for hydroxylation is 1. The number of aromatic amines is 1. The number of nitrogens with zero attached hydrogens (tertiary/aromatic N) is 1. The summed E-state index contributed by atoms with van der Waals surface area (Å²) >= 11 is 0. The molecule has 0 saturated carbocycles. The van der Waals surface area contributed by atoms with Crippen LogP contribution in [0.4, 0.5) is 0 Å². The third-order valence-corrected chi connectivity index (χ3v) is 6.45. The number of H-pyrrole nitrogens is 1. The monoisotopic (exact) mass is 486 g/mol. The summed E-state index contributed by atoms with van der Waals surface area (Å²) < 4.78 is 17.3. The maximum atomic E-state index is 13.5. The molecule has 2 heterocycles. The first-order valence-electron chi connectivity index (χ1n) is 12.0. The minimum Gasteiger partial charge on any atom is -0.491 e. The number of rotatable bonds is 7. The number of oxime groups is 1. The van der Waals surface area contributed by atoms with Gasteiger partial charge in [0.2, 0.25) is 0 Å². The minimum absolute atomic E-state index is 0.0298. The van der Waals surface area contributed by atoms with Crippen LogP contribution in [0, 0.1) is 6.92 Å². The Hall–Kier alpha value is -3.68. The van der Waals surface area contributed by atoms with E-state index in [4.69, 9.17) is 19.0 Å². The van der Waals surface area contributed by atoms with Gasteiger partial charge in [-0.3, -0.25) is 4.79 Å². The van der Waals surface area contributed by atoms with Gasteiger partial charge in [-0.15, -0.1) is 0 Å². The van der Waals surface area contributed by atoms with Crippen molar-refractivity contribution in [2.45, 2.75) is 39.6 Å². The third-order valence-electron chi connectivity index (χ3n) is 6.45. The molecule has 5 rings (SSSR count). The molecule has 0 amide bonds. The summed E-state index contributed by atoms with van der Waals surface area (Å²) in [7, 11) is 1.53. The number of carbonyl (C=O) groups excluding carboxylic acids is 1. The van der Waals surface area contributed by atoms with Crippen LogP contribution in [0.2, 0.25) is 0 Å². The van der Waals surface area contributed by atoms with Crippen LogP contribution in [0.1, 0.15) is 47.8 Å². The molecule has 0 spiro atoms. The van der Waals surface area contributed by atoms with E-state index in [1.807, 2.05) is 76.2 Å². The Morgan fingerprint density at radius 1 is 1.06 bits per heavy atom. The van der Waals surface area contributed by atoms with E-state index in [0.717, 1.165) is 38.6 Å². The van der Waals surface area contributed by atoms with Gasteiger partial charge in [0.05, 0.1) is 12.3 Å². The lowest BCUT2D eigenvalue weighted by molar-refractivity contribution is -0.141. The molecule has 7 heteroatoms. The fraction of sp³-hybridized carbons (Fsp3) is 0.310. The standard InChI is InChI=1S/C29H30N2O5/c1-17-12-21(34-15-22-16-35-29(3,4)36-22)8-9-23(17)28(32)20-7-11-27-25(14-20)24-13-19(18(2)31-33-5)6-10-26(24)30-27/h6-14,22,30H,15-16H2,1-5H3/b31-18+. The fourth-order valence-corrected chi connectivity index (χ4v) is 4.62. The third kappa shape index (κ3) is 4.72. The molecule has 1 aliphatic rings. The molecule has 0 radical (unpaired) electrons. The average Bonchev–Trinajstić information content (AvgIpc) is 3.40.